The van der Waals surface area contributed by atoms with Crippen LogP contribution in [0.2, 0.25) is 0 Å². The van der Waals surface area contributed by atoms with Crippen molar-refractivity contribution in [1.82, 2.24) is 0 Å². The van der Waals surface area contributed by atoms with Crippen molar-refractivity contribution in [2.75, 3.05) is 18.0 Å². The van der Waals surface area contributed by atoms with E-state index in [0.29, 0.717) is 18.2 Å². The topological polar surface area (TPSA) is 81.6 Å². The van der Waals surface area contributed by atoms with Crippen molar-refractivity contribution in [3.8, 4) is 5.75 Å². The lowest BCUT2D eigenvalue weighted by atomic mass is 9.96. The van der Waals surface area contributed by atoms with Crippen molar-refractivity contribution >= 4 is 11.4 Å². The van der Waals surface area contributed by atoms with Gasteiger partial charge in [0.05, 0.1) is 17.1 Å². The largest absolute Gasteiger partial charge is 0.491 e. The van der Waals surface area contributed by atoms with E-state index in [0.717, 1.165) is 18.7 Å². The van der Waals surface area contributed by atoms with Crippen molar-refractivity contribution in [2.45, 2.75) is 39.3 Å². The second-order valence-corrected chi connectivity index (χ2v) is 6.11. The number of nitrogens with two attached hydrogens (primary N) is 1. The van der Waals surface area contributed by atoms with E-state index < -0.39 is 0 Å². The molecule has 1 aromatic rings. The Morgan fingerprint density at radius 2 is 2.10 bits per heavy atom. The van der Waals surface area contributed by atoms with Gasteiger partial charge in [0.1, 0.15) is 5.75 Å². The zero-order valence-electron chi connectivity index (χ0n) is 12.8. The van der Waals surface area contributed by atoms with Crippen LogP contribution in [0.1, 0.15) is 27.2 Å². The highest BCUT2D eigenvalue weighted by Crippen LogP contribution is 2.31. The third kappa shape index (κ3) is 4.07. The number of nitro benzene ring substituents is 1. The van der Waals surface area contributed by atoms with E-state index in [1.165, 1.54) is 6.07 Å². The molecule has 2 N–H and O–H groups in total. The fourth-order valence-electron chi connectivity index (χ4n) is 2.81. The Balaban J connectivity index is 2.32. The number of rotatable bonds is 4. The summed E-state index contributed by atoms with van der Waals surface area (Å²) in [5.74, 6) is 1.00. The molecule has 1 aromatic carbocycles. The minimum absolute atomic E-state index is 0.0256. The molecule has 6 heteroatoms. The molecular weight excluding hydrogens is 270 g/mol. The van der Waals surface area contributed by atoms with Crippen LogP contribution in [-0.2, 0) is 0 Å². The SMILES string of the molecule is CC1CC(N)CN(c2cc(OC(C)C)cc([N+](=O)[O-])c2)C1. The molecule has 2 atom stereocenters. The lowest BCUT2D eigenvalue weighted by Gasteiger charge is -2.36. The maximum absolute atomic E-state index is 11.1. The standard InChI is InChI=1S/C15H23N3O3/c1-10(2)21-15-6-13(5-14(7-15)18(19)20)17-8-11(3)4-12(16)9-17/h5-7,10-12H,4,8-9,16H2,1-3H3. The Morgan fingerprint density at radius 1 is 1.38 bits per heavy atom. The quantitative estimate of drug-likeness (QED) is 0.681. The highest BCUT2D eigenvalue weighted by molar-refractivity contribution is 5.58. The van der Waals surface area contributed by atoms with Gasteiger partial charge in [-0.2, -0.15) is 0 Å². The number of piperidine rings is 1. The van der Waals surface area contributed by atoms with E-state index in [2.05, 4.69) is 11.8 Å². The Morgan fingerprint density at radius 3 is 2.67 bits per heavy atom. The molecule has 1 aliphatic rings. The average molecular weight is 293 g/mol. The molecule has 0 aliphatic carbocycles. The van der Waals surface area contributed by atoms with Crippen LogP contribution in [0.5, 0.6) is 5.75 Å². The summed E-state index contributed by atoms with van der Waals surface area (Å²) in [5, 5.41) is 11.1. The molecule has 21 heavy (non-hydrogen) atoms. The maximum Gasteiger partial charge on any atom is 0.275 e. The number of benzene rings is 1. The van der Waals surface area contributed by atoms with Gasteiger partial charge in [-0.3, -0.25) is 10.1 Å². The van der Waals surface area contributed by atoms with Crippen molar-refractivity contribution in [2.24, 2.45) is 11.7 Å². The van der Waals surface area contributed by atoms with Gasteiger partial charge < -0.3 is 15.4 Å². The summed E-state index contributed by atoms with van der Waals surface area (Å²) in [6.45, 7) is 7.52. The van der Waals surface area contributed by atoms with E-state index in [1.807, 2.05) is 19.9 Å². The molecule has 1 heterocycles. The van der Waals surface area contributed by atoms with Crippen LogP contribution >= 0.6 is 0 Å². The first kappa shape index (κ1) is 15.6. The first-order valence-corrected chi connectivity index (χ1v) is 7.32. The summed E-state index contributed by atoms with van der Waals surface area (Å²) in [4.78, 5) is 12.8. The number of anilines is 1. The Bertz CT molecular complexity index is 509. The van der Waals surface area contributed by atoms with Crippen LogP contribution in [0.3, 0.4) is 0 Å². The van der Waals surface area contributed by atoms with Crippen LogP contribution in [0, 0.1) is 16.0 Å². The smallest absolute Gasteiger partial charge is 0.275 e. The van der Waals surface area contributed by atoms with Gasteiger partial charge in [0.25, 0.3) is 5.69 Å². The van der Waals surface area contributed by atoms with Crippen molar-refractivity contribution in [1.29, 1.82) is 0 Å². The number of hydrogen-bond acceptors (Lipinski definition) is 5. The Kier molecular flexibility index (Phi) is 4.67. The molecule has 1 saturated heterocycles. The molecule has 0 saturated carbocycles. The summed E-state index contributed by atoms with van der Waals surface area (Å²) < 4.78 is 5.63. The van der Waals surface area contributed by atoms with Gasteiger partial charge >= 0.3 is 0 Å². The van der Waals surface area contributed by atoms with Crippen LogP contribution in [0.4, 0.5) is 11.4 Å². The van der Waals surface area contributed by atoms with Crippen LogP contribution < -0.4 is 15.4 Å². The molecule has 1 aliphatic heterocycles. The second kappa shape index (κ2) is 6.30. The maximum atomic E-state index is 11.1. The van der Waals surface area contributed by atoms with E-state index in [1.54, 1.807) is 6.07 Å². The molecule has 0 aromatic heterocycles. The summed E-state index contributed by atoms with van der Waals surface area (Å²) in [5.41, 5.74) is 6.92. The van der Waals surface area contributed by atoms with E-state index in [9.17, 15) is 10.1 Å². The van der Waals surface area contributed by atoms with Gasteiger partial charge in [0.15, 0.2) is 0 Å². The highest BCUT2D eigenvalue weighted by Gasteiger charge is 2.24. The predicted octanol–water partition coefficient (Wildman–Crippen LogP) is 2.56. The van der Waals surface area contributed by atoms with Crippen LogP contribution in [-0.4, -0.2) is 30.2 Å². The first-order valence-electron chi connectivity index (χ1n) is 7.32. The third-order valence-electron chi connectivity index (χ3n) is 3.52. The zero-order valence-corrected chi connectivity index (χ0v) is 12.8. The summed E-state index contributed by atoms with van der Waals surface area (Å²) in [7, 11) is 0. The lowest BCUT2D eigenvalue weighted by molar-refractivity contribution is -0.384. The van der Waals surface area contributed by atoms with Crippen molar-refractivity contribution < 1.29 is 9.66 Å². The lowest BCUT2D eigenvalue weighted by Crippen LogP contribution is -2.46. The number of nitrogens with zero attached hydrogens (tertiary/aromatic N) is 2. The van der Waals surface area contributed by atoms with Gasteiger partial charge in [0, 0.05) is 37.0 Å². The molecule has 2 rings (SSSR count). The molecule has 1 fully saturated rings. The molecule has 0 bridgehead atoms. The van der Waals surface area contributed by atoms with Gasteiger partial charge in [0.2, 0.25) is 0 Å². The van der Waals surface area contributed by atoms with Gasteiger partial charge in [-0.15, -0.1) is 0 Å². The third-order valence-corrected chi connectivity index (χ3v) is 3.52. The molecular formula is C15H23N3O3. The fraction of sp³-hybridized carbons (Fsp3) is 0.600. The second-order valence-electron chi connectivity index (χ2n) is 6.11. The number of ether oxygens (including phenoxy) is 1. The normalized spacial score (nSPS) is 22.4. The summed E-state index contributed by atoms with van der Waals surface area (Å²) in [6.07, 6.45) is 0.961. The molecule has 0 radical (unpaired) electrons. The minimum atomic E-state index is -0.385. The monoisotopic (exact) mass is 293 g/mol. The van der Waals surface area contributed by atoms with Gasteiger partial charge in [-0.25, -0.2) is 0 Å². The molecule has 116 valence electrons. The number of non-ortho nitro benzene ring substituents is 1. The Labute approximate surface area is 125 Å². The summed E-state index contributed by atoms with van der Waals surface area (Å²) in [6, 6.07) is 5.02. The molecule has 0 amide bonds. The van der Waals surface area contributed by atoms with E-state index in [4.69, 9.17) is 10.5 Å². The molecule has 2 unspecified atom stereocenters. The van der Waals surface area contributed by atoms with Gasteiger partial charge in [-0.05, 0) is 26.2 Å². The van der Waals surface area contributed by atoms with Gasteiger partial charge in [-0.1, -0.05) is 6.92 Å². The molecule has 6 nitrogen and oxygen atoms in total. The van der Waals surface area contributed by atoms with Crippen LogP contribution in [0.15, 0.2) is 18.2 Å². The first-order chi connectivity index (χ1) is 9.85. The van der Waals surface area contributed by atoms with E-state index in [-0.39, 0.29) is 22.8 Å². The minimum Gasteiger partial charge on any atom is -0.491 e. The van der Waals surface area contributed by atoms with Crippen LogP contribution in [0.25, 0.3) is 0 Å². The Hall–Kier alpha value is -1.82. The fourth-order valence-corrected chi connectivity index (χ4v) is 2.81. The number of hydrogen-bond donors (Lipinski definition) is 1. The van der Waals surface area contributed by atoms with E-state index >= 15 is 0 Å². The molecule has 0 spiro atoms. The highest BCUT2D eigenvalue weighted by atomic mass is 16.6. The predicted molar refractivity (Wildman–Crippen MR) is 82.8 cm³/mol. The number of nitro groups is 1. The van der Waals surface area contributed by atoms with Crippen molar-refractivity contribution in [3.63, 3.8) is 0 Å². The average Bonchev–Trinajstić information content (AvgIpc) is 2.36. The van der Waals surface area contributed by atoms with Crippen molar-refractivity contribution in [3.05, 3.63) is 28.3 Å². The summed E-state index contributed by atoms with van der Waals surface area (Å²) >= 11 is 0. The zero-order chi connectivity index (χ0) is 15.6.